The number of carboxylic acid groups (broad SMARTS) is 1. The van der Waals surface area contributed by atoms with Gasteiger partial charge in [0, 0.05) is 54.5 Å². The van der Waals surface area contributed by atoms with Gasteiger partial charge in [-0.3, -0.25) is 9.69 Å². The van der Waals surface area contributed by atoms with Crippen LogP contribution in [-0.2, 0) is 17.6 Å². The number of pyridine rings is 1. The molecular weight excluding hydrogens is 418 g/mol. The van der Waals surface area contributed by atoms with Gasteiger partial charge < -0.3 is 19.7 Å². The first-order valence-corrected chi connectivity index (χ1v) is 11.4. The summed E-state index contributed by atoms with van der Waals surface area (Å²) in [5.41, 5.74) is 4.53. The first-order chi connectivity index (χ1) is 16.1. The van der Waals surface area contributed by atoms with Gasteiger partial charge >= 0.3 is 5.97 Å². The van der Waals surface area contributed by atoms with Gasteiger partial charge in [0.15, 0.2) is 0 Å². The highest BCUT2D eigenvalue weighted by Crippen LogP contribution is 2.33. The Hall–Kier alpha value is -3.57. The summed E-state index contributed by atoms with van der Waals surface area (Å²) in [6, 6.07) is 9.20. The highest BCUT2D eigenvalue weighted by atomic mass is 16.5. The lowest BCUT2D eigenvalue weighted by molar-refractivity contribution is -0.143. The lowest BCUT2D eigenvalue weighted by Crippen LogP contribution is -2.49. The molecule has 0 saturated carbocycles. The average Bonchev–Trinajstić information content (AvgIpc) is 3.26. The van der Waals surface area contributed by atoms with Crippen LogP contribution in [-0.4, -0.2) is 59.2 Å². The van der Waals surface area contributed by atoms with Gasteiger partial charge in [0.2, 0.25) is 0 Å². The summed E-state index contributed by atoms with van der Waals surface area (Å²) in [6.45, 7) is 2.38. The molecule has 0 amide bonds. The summed E-state index contributed by atoms with van der Waals surface area (Å²) >= 11 is 0. The summed E-state index contributed by atoms with van der Waals surface area (Å²) in [5.74, 6) is 0.554. The van der Waals surface area contributed by atoms with Crippen molar-refractivity contribution in [1.82, 2.24) is 14.9 Å². The largest absolute Gasteiger partial charge is 0.497 e. The van der Waals surface area contributed by atoms with Crippen molar-refractivity contribution in [3.63, 3.8) is 0 Å². The number of carbonyl (C=O) groups is 1. The second-order valence-electron chi connectivity index (χ2n) is 8.70. The van der Waals surface area contributed by atoms with Crippen molar-refractivity contribution in [3.8, 4) is 11.8 Å². The van der Waals surface area contributed by atoms with E-state index in [1.54, 1.807) is 13.3 Å². The normalized spacial score (nSPS) is 17.4. The molecule has 1 atom stereocenters. The van der Waals surface area contributed by atoms with Crippen LogP contribution in [0.3, 0.4) is 0 Å². The number of aryl methyl sites for hydroxylation is 2. The van der Waals surface area contributed by atoms with Gasteiger partial charge in [0.25, 0.3) is 0 Å². The highest BCUT2D eigenvalue weighted by Gasteiger charge is 2.33. The predicted molar refractivity (Wildman–Crippen MR) is 125 cm³/mol. The number of hydrogen-bond donors (Lipinski definition) is 2. The third kappa shape index (κ3) is 3.89. The molecule has 3 aromatic rings. The SMILES string of the molecule is COc1ccc2[nH]cc([C@@H](C(=O)O)N3CCN(c4nc5c(cc4C#N)CCCC5)CC3)c2c1. The van der Waals surface area contributed by atoms with Gasteiger partial charge in [-0.15, -0.1) is 0 Å². The Bertz CT molecular complexity index is 1240. The van der Waals surface area contributed by atoms with Crippen molar-refractivity contribution in [3.05, 3.63) is 52.8 Å². The molecule has 1 fully saturated rings. The van der Waals surface area contributed by atoms with Crippen molar-refractivity contribution in [1.29, 1.82) is 5.26 Å². The third-order valence-corrected chi connectivity index (χ3v) is 6.83. The molecule has 1 aromatic carbocycles. The molecule has 8 heteroatoms. The first-order valence-electron chi connectivity index (χ1n) is 11.4. The molecule has 1 aliphatic heterocycles. The van der Waals surface area contributed by atoms with Crippen molar-refractivity contribution >= 4 is 22.7 Å². The number of H-pyrrole nitrogens is 1. The number of ether oxygens (including phenoxy) is 1. The number of benzene rings is 1. The fourth-order valence-electron chi connectivity index (χ4n) is 5.10. The van der Waals surface area contributed by atoms with E-state index in [0.717, 1.165) is 53.7 Å². The van der Waals surface area contributed by atoms with Crippen LogP contribution in [0, 0.1) is 11.3 Å². The van der Waals surface area contributed by atoms with Crippen molar-refractivity contribution in [2.45, 2.75) is 31.7 Å². The maximum atomic E-state index is 12.4. The molecule has 0 spiro atoms. The number of aromatic amines is 1. The smallest absolute Gasteiger partial charge is 0.325 e. The maximum absolute atomic E-state index is 12.4. The lowest BCUT2D eigenvalue weighted by Gasteiger charge is -2.38. The number of hydrogen-bond acceptors (Lipinski definition) is 6. The Kier molecular flexibility index (Phi) is 5.65. The number of carboxylic acids is 1. The van der Waals surface area contributed by atoms with Gasteiger partial charge in [-0.2, -0.15) is 5.26 Å². The molecule has 8 nitrogen and oxygen atoms in total. The molecule has 1 aliphatic carbocycles. The Morgan fingerprint density at radius 3 is 2.73 bits per heavy atom. The number of aliphatic carboxylic acids is 1. The first kappa shape index (κ1) is 21.3. The molecule has 0 radical (unpaired) electrons. The summed E-state index contributed by atoms with van der Waals surface area (Å²) < 4.78 is 5.34. The summed E-state index contributed by atoms with van der Waals surface area (Å²) in [5, 5.41) is 20.7. The fraction of sp³-hybridized carbons (Fsp3) is 0.400. The zero-order chi connectivity index (χ0) is 22.9. The van der Waals surface area contributed by atoms with Crippen LogP contribution < -0.4 is 9.64 Å². The molecule has 2 aromatic heterocycles. The topological polar surface area (TPSA) is 105 Å². The van der Waals surface area contributed by atoms with E-state index in [2.05, 4.69) is 16.0 Å². The predicted octanol–water partition coefficient (Wildman–Crippen LogP) is 3.27. The van der Waals surface area contributed by atoms with E-state index < -0.39 is 12.0 Å². The Labute approximate surface area is 192 Å². The molecule has 0 bridgehead atoms. The van der Waals surface area contributed by atoms with E-state index in [1.165, 1.54) is 5.56 Å². The number of nitrogens with one attached hydrogen (secondary N) is 1. The van der Waals surface area contributed by atoms with E-state index in [4.69, 9.17) is 9.72 Å². The van der Waals surface area contributed by atoms with E-state index in [1.807, 2.05) is 29.2 Å². The van der Waals surface area contributed by atoms with E-state index in [-0.39, 0.29) is 0 Å². The van der Waals surface area contributed by atoms with Gasteiger partial charge in [-0.25, -0.2) is 4.98 Å². The molecule has 1 saturated heterocycles. The Morgan fingerprint density at radius 2 is 2.00 bits per heavy atom. The molecule has 0 unspecified atom stereocenters. The van der Waals surface area contributed by atoms with Crippen molar-refractivity contribution in [2.24, 2.45) is 0 Å². The number of aromatic nitrogens is 2. The van der Waals surface area contributed by atoms with Gasteiger partial charge in [0.1, 0.15) is 23.7 Å². The van der Waals surface area contributed by atoms with Crippen molar-refractivity contribution in [2.75, 3.05) is 38.2 Å². The number of nitriles is 1. The average molecular weight is 446 g/mol. The van der Waals surface area contributed by atoms with Gasteiger partial charge in [-0.1, -0.05) is 0 Å². The Balaban J connectivity index is 1.39. The lowest BCUT2D eigenvalue weighted by atomic mass is 9.94. The van der Waals surface area contributed by atoms with Crippen LogP contribution in [0.15, 0.2) is 30.5 Å². The number of piperazine rings is 1. The summed E-state index contributed by atoms with van der Waals surface area (Å²) in [7, 11) is 1.60. The zero-order valence-electron chi connectivity index (χ0n) is 18.7. The standard InChI is InChI=1S/C25H27N5O3/c1-33-18-6-7-22-19(13-18)20(15-27-22)23(25(31)32)29-8-10-30(11-9-29)24-17(14-26)12-16-4-2-3-5-21(16)28-24/h6-7,12-13,15,23,27H,2-5,8-11H2,1H3,(H,31,32)/t23-/m0/s1. The minimum Gasteiger partial charge on any atom is -0.497 e. The molecule has 3 heterocycles. The molecule has 33 heavy (non-hydrogen) atoms. The van der Waals surface area contributed by atoms with Crippen LogP contribution >= 0.6 is 0 Å². The second kappa shape index (κ2) is 8.75. The number of methoxy groups -OCH3 is 1. The summed E-state index contributed by atoms with van der Waals surface area (Å²) in [4.78, 5) is 24.5. The molecule has 2 N–H and O–H groups in total. The minimum atomic E-state index is -0.878. The van der Waals surface area contributed by atoms with Crippen LogP contribution in [0.2, 0.25) is 0 Å². The molecule has 5 rings (SSSR count). The van der Waals surface area contributed by atoms with E-state index in [0.29, 0.717) is 37.5 Å². The number of fused-ring (bicyclic) bond motifs is 2. The van der Waals surface area contributed by atoms with Crippen LogP contribution in [0.5, 0.6) is 5.75 Å². The zero-order valence-corrected chi connectivity index (χ0v) is 18.7. The molecule has 170 valence electrons. The summed E-state index contributed by atoms with van der Waals surface area (Å²) in [6.07, 6.45) is 6.01. The van der Waals surface area contributed by atoms with Crippen molar-refractivity contribution < 1.29 is 14.6 Å². The second-order valence-corrected chi connectivity index (χ2v) is 8.70. The number of anilines is 1. The maximum Gasteiger partial charge on any atom is 0.325 e. The number of nitrogens with zero attached hydrogens (tertiary/aromatic N) is 4. The quantitative estimate of drug-likeness (QED) is 0.621. The van der Waals surface area contributed by atoms with Gasteiger partial charge in [0.05, 0.1) is 12.7 Å². The highest BCUT2D eigenvalue weighted by molar-refractivity contribution is 5.90. The van der Waals surface area contributed by atoms with Gasteiger partial charge in [-0.05, 0) is 55.5 Å². The van der Waals surface area contributed by atoms with Crippen LogP contribution in [0.4, 0.5) is 5.82 Å². The monoisotopic (exact) mass is 445 g/mol. The van der Waals surface area contributed by atoms with Crippen LogP contribution in [0.1, 0.15) is 41.3 Å². The molecule has 2 aliphatic rings. The fourth-order valence-corrected chi connectivity index (χ4v) is 5.10. The Morgan fingerprint density at radius 1 is 1.21 bits per heavy atom. The van der Waals surface area contributed by atoms with E-state index >= 15 is 0 Å². The van der Waals surface area contributed by atoms with E-state index in [9.17, 15) is 15.2 Å². The molecular formula is C25H27N5O3. The van der Waals surface area contributed by atoms with Crippen LogP contribution in [0.25, 0.3) is 10.9 Å². The minimum absolute atomic E-state index is 0.567. The third-order valence-electron chi connectivity index (χ3n) is 6.83. The number of rotatable bonds is 5.